The van der Waals surface area contributed by atoms with E-state index in [0.29, 0.717) is 56.2 Å². The number of hydrogen-bond donors (Lipinski definition) is 1. The number of thiazole rings is 1. The second-order valence-corrected chi connectivity index (χ2v) is 11.2. The van der Waals surface area contributed by atoms with Crippen molar-refractivity contribution in [2.45, 2.75) is 46.0 Å². The average Bonchev–Trinajstić information content (AvgIpc) is 3.35. The molecule has 0 unspecified atom stereocenters. The molecule has 202 valence electrons. The molecule has 0 amide bonds. The van der Waals surface area contributed by atoms with Gasteiger partial charge in [-0.3, -0.25) is 14.6 Å². The summed E-state index contributed by atoms with van der Waals surface area (Å²) < 4.78 is 6.56. The van der Waals surface area contributed by atoms with Crippen LogP contribution >= 0.6 is 11.3 Å². The number of carboxylic acids is 1. The molecule has 1 aliphatic heterocycles. The number of ether oxygens (including phenoxy) is 1. The molecule has 1 fully saturated rings. The largest absolute Gasteiger partial charge is 0.494 e. The Kier molecular flexibility index (Phi) is 7.56. The summed E-state index contributed by atoms with van der Waals surface area (Å²) in [6.07, 6.45) is 8.07. The number of aromatic nitrogens is 4. The normalized spacial score (nSPS) is 14.9. The fourth-order valence-corrected chi connectivity index (χ4v) is 5.93. The Morgan fingerprint density at radius 3 is 2.54 bits per heavy atom. The number of Topliss-reactive ketones (excluding diaryl/α,β-unsaturated/α-hetero) is 1. The maximum Gasteiger partial charge on any atom is 0.309 e. The number of carbonyl (C=O) groups excluding carboxylic acids is 1. The number of carbonyl (C=O) groups is 2. The highest BCUT2D eigenvalue weighted by atomic mass is 32.1. The summed E-state index contributed by atoms with van der Waals surface area (Å²) in [5, 5.41) is 10.3. The van der Waals surface area contributed by atoms with Crippen LogP contribution in [0.4, 0.5) is 5.95 Å². The van der Waals surface area contributed by atoms with Crippen molar-refractivity contribution in [3.8, 4) is 28.1 Å². The van der Waals surface area contributed by atoms with Gasteiger partial charge < -0.3 is 14.7 Å². The van der Waals surface area contributed by atoms with Crippen LogP contribution in [0.2, 0.25) is 0 Å². The Labute approximate surface area is 230 Å². The second kappa shape index (κ2) is 11.1. The maximum atomic E-state index is 12.3. The van der Waals surface area contributed by atoms with Crippen LogP contribution in [0, 0.1) is 5.41 Å². The molecular weight excluding hydrogens is 514 g/mol. The summed E-state index contributed by atoms with van der Waals surface area (Å²) in [4.78, 5) is 44.6. The summed E-state index contributed by atoms with van der Waals surface area (Å²) in [5.41, 5.74) is 3.36. The predicted octanol–water partition coefficient (Wildman–Crippen LogP) is 5.43. The van der Waals surface area contributed by atoms with E-state index in [9.17, 15) is 14.7 Å². The molecule has 0 radical (unpaired) electrons. The zero-order valence-corrected chi connectivity index (χ0v) is 23.1. The SMILES string of the molecule is CCCC(=O)Cc1nc2cc(-c3cnc(N4CCC(C)(C(=O)O)CC4)nc3)cc(-c3ncccc3OC)c2s1. The van der Waals surface area contributed by atoms with Crippen molar-refractivity contribution in [1.82, 2.24) is 19.9 Å². The van der Waals surface area contributed by atoms with Gasteiger partial charge in [0.15, 0.2) is 0 Å². The topological polar surface area (TPSA) is 118 Å². The van der Waals surface area contributed by atoms with Crippen LogP contribution in [0.1, 0.15) is 44.5 Å². The molecule has 9 nitrogen and oxygen atoms in total. The van der Waals surface area contributed by atoms with Crippen LogP contribution in [-0.2, 0) is 16.0 Å². The Balaban J connectivity index is 1.50. The number of methoxy groups -OCH3 is 1. The molecule has 10 heteroatoms. The van der Waals surface area contributed by atoms with Crippen molar-refractivity contribution in [3.05, 3.63) is 47.9 Å². The minimum absolute atomic E-state index is 0.180. The molecule has 0 aliphatic carbocycles. The highest BCUT2D eigenvalue weighted by molar-refractivity contribution is 7.19. The van der Waals surface area contributed by atoms with E-state index in [1.807, 2.05) is 36.1 Å². The van der Waals surface area contributed by atoms with Crippen LogP contribution in [-0.4, -0.2) is 57.0 Å². The van der Waals surface area contributed by atoms with Gasteiger partial charge in [0.1, 0.15) is 22.2 Å². The molecule has 1 saturated heterocycles. The van der Waals surface area contributed by atoms with E-state index in [4.69, 9.17) is 9.72 Å². The van der Waals surface area contributed by atoms with E-state index >= 15 is 0 Å². The first-order chi connectivity index (χ1) is 18.8. The summed E-state index contributed by atoms with van der Waals surface area (Å²) in [7, 11) is 1.62. The van der Waals surface area contributed by atoms with Gasteiger partial charge >= 0.3 is 5.97 Å². The van der Waals surface area contributed by atoms with Crippen molar-refractivity contribution in [2.75, 3.05) is 25.1 Å². The highest BCUT2D eigenvalue weighted by Crippen LogP contribution is 2.40. The Morgan fingerprint density at radius 2 is 1.87 bits per heavy atom. The van der Waals surface area contributed by atoms with E-state index in [2.05, 4.69) is 15.0 Å². The van der Waals surface area contributed by atoms with Gasteiger partial charge in [-0.1, -0.05) is 6.92 Å². The van der Waals surface area contributed by atoms with E-state index in [-0.39, 0.29) is 5.78 Å². The predicted molar refractivity (Wildman–Crippen MR) is 151 cm³/mol. The third kappa shape index (κ3) is 5.47. The van der Waals surface area contributed by atoms with Crippen LogP contribution in [0.15, 0.2) is 42.9 Å². The number of hydrogen-bond acceptors (Lipinski definition) is 9. The first kappa shape index (κ1) is 26.7. The van der Waals surface area contributed by atoms with Gasteiger partial charge in [-0.25, -0.2) is 15.0 Å². The van der Waals surface area contributed by atoms with Crippen LogP contribution in [0.5, 0.6) is 5.75 Å². The highest BCUT2D eigenvalue weighted by Gasteiger charge is 2.37. The van der Waals surface area contributed by atoms with Crippen molar-refractivity contribution >= 4 is 39.3 Å². The number of piperidine rings is 1. The van der Waals surface area contributed by atoms with Gasteiger partial charge in [-0.15, -0.1) is 11.3 Å². The molecule has 1 aliphatic rings. The fraction of sp³-hybridized carbons (Fsp3) is 0.379. The first-order valence-corrected chi connectivity index (χ1v) is 13.9. The average molecular weight is 546 g/mol. The summed E-state index contributed by atoms with van der Waals surface area (Å²) in [6.45, 7) is 4.98. The van der Waals surface area contributed by atoms with E-state index in [0.717, 1.165) is 38.3 Å². The Morgan fingerprint density at radius 1 is 1.13 bits per heavy atom. The van der Waals surface area contributed by atoms with Gasteiger partial charge in [0.25, 0.3) is 0 Å². The molecule has 4 heterocycles. The third-order valence-electron chi connectivity index (χ3n) is 7.30. The van der Waals surface area contributed by atoms with Gasteiger partial charge in [0.2, 0.25) is 5.95 Å². The lowest BCUT2D eigenvalue weighted by molar-refractivity contribution is -0.149. The van der Waals surface area contributed by atoms with E-state index < -0.39 is 11.4 Å². The molecule has 3 aromatic heterocycles. The zero-order chi connectivity index (χ0) is 27.6. The standard InChI is InChI=1S/C29H31N5O4S/c1-4-6-20(35)15-24-33-22-14-18(13-21(26(22)39-24)25-23(38-3)7-5-10-30-25)19-16-31-28(32-17-19)34-11-8-29(2,9-12-34)27(36)37/h5,7,10,13-14,16-17H,4,6,8-9,11-12,15H2,1-3H3,(H,36,37). The molecule has 1 N–H and O–H groups in total. The number of fused-ring (bicyclic) bond motifs is 1. The minimum atomic E-state index is -0.755. The maximum absolute atomic E-state index is 12.3. The zero-order valence-electron chi connectivity index (χ0n) is 22.3. The quantitative estimate of drug-likeness (QED) is 0.294. The van der Waals surface area contributed by atoms with Crippen LogP contribution in [0.25, 0.3) is 32.6 Å². The monoisotopic (exact) mass is 545 g/mol. The van der Waals surface area contributed by atoms with Crippen LogP contribution < -0.4 is 9.64 Å². The lowest BCUT2D eigenvalue weighted by atomic mass is 9.80. The van der Waals surface area contributed by atoms with Crippen molar-refractivity contribution in [3.63, 3.8) is 0 Å². The number of pyridine rings is 1. The molecule has 39 heavy (non-hydrogen) atoms. The third-order valence-corrected chi connectivity index (χ3v) is 8.40. The molecule has 0 atom stereocenters. The smallest absolute Gasteiger partial charge is 0.309 e. The lowest BCUT2D eigenvalue weighted by Crippen LogP contribution is -2.43. The van der Waals surface area contributed by atoms with Gasteiger partial charge in [0, 0.05) is 49.2 Å². The van der Waals surface area contributed by atoms with E-state index in [1.165, 1.54) is 11.3 Å². The number of benzene rings is 1. The lowest BCUT2D eigenvalue weighted by Gasteiger charge is -2.36. The van der Waals surface area contributed by atoms with Crippen LogP contribution in [0.3, 0.4) is 0 Å². The van der Waals surface area contributed by atoms with Crippen molar-refractivity contribution in [1.29, 1.82) is 0 Å². The summed E-state index contributed by atoms with van der Waals surface area (Å²) in [5.74, 6) is 0.662. The minimum Gasteiger partial charge on any atom is -0.494 e. The van der Waals surface area contributed by atoms with Gasteiger partial charge in [0.05, 0.1) is 29.2 Å². The number of carboxylic acid groups (broad SMARTS) is 1. The molecule has 5 rings (SSSR count). The molecular formula is C29H31N5O4S. The Hall–Kier alpha value is -3.92. The summed E-state index contributed by atoms with van der Waals surface area (Å²) >= 11 is 1.51. The molecule has 0 saturated carbocycles. The van der Waals surface area contributed by atoms with Crippen molar-refractivity contribution < 1.29 is 19.4 Å². The second-order valence-electron chi connectivity index (χ2n) is 10.1. The fourth-order valence-electron chi connectivity index (χ4n) is 4.84. The van der Waals surface area contributed by atoms with Crippen molar-refractivity contribution in [2.24, 2.45) is 5.41 Å². The first-order valence-electron chi connectivity index (χ1n) is 13.1. The molecule has 0 bridgehead atoms. The number of rotatable bonds is 9. The molecule has 1 aromatic carbocycles. The molecule has 0 spiro atoms. The van der Waals surface area contributed by atoms with E-state index in [1.54, 1.807) is 32.6 Å². The number of aliphatic carboxylic acids is 1. The van der Waals surface area contributed by atoms with Gasteiger partial charge in [-0.2, -0.15) is 0 Å². The van der Waals surface area contributed by atoms with Gasteiger partial charge in [-0.05, 0) is 56.0 Å². The summed E-state index contributed by atoms with van der Waals surface area (Å²) in [6, 6.07) is 7.74. The number of ketones is 1. The Bertz CT molecular complexity index is 1510. The molecule has 4 aromatic rings. The number of nitrogens with zero attached hydrogens (tertiary/aromatic N) is 5. The number of anilines is 1.